The Morgan fingerprint density at radius 3 is 2.61 bits per heavy atom. The second kappa shape index (κ2) is 9.48. The number of nitriles is 2. The maximum Gasteiger partial charge on any atom is 0.143 e. The van der Waals surface area contributed by atoms with E-state index in [-0.39, 0.29) is 17.5 Å². The minimum Gasteiger partial charge on any atom is -0.488 e. The Labute approximate surface area is 184 Å². The third kappa shape index (κ3) is 4.61. The van der Waals surface area contributed by atoms with Crippen LogP contribution in [0.2, 0.25) is 0 Å². The van der Waals surface area contributed by atoms with Crippen LogP contribution in [-0.4, -0.2) is 29.3 Å². The quantitative estimate of drug-likeness (QED) is 0.586. The van der Waals surface area contributed by atoms with Gasteiger partial charge >= 0.3 is 0 Å². The van der Waals surface area contributed by atoms with Gasteiger partial charge in [-0.2, -0.15) is 10.5 Å². The number of pyridine rings is 2. The first-order valence-electron chi connectivity index (χ1n) is 9.69. The van der Waals surface area contributed by atoms with Crippen LogP contribution in [0.25, 0.3) is 11.1 Å². The summed E-state index contributed by atoms with van der Waals surface area (Å²) in [5.74, 6) is 1.40. The van der Waals surface area contributed by atoms with E-state index in [1.54, 1.807) is 12.4 Å². The van der Waals surface area contributed by atoms with Crippen molar-refractivity contribution in [3.05, 3.63) is 65.5 Å². The van der Waals surface area contributed by atoms with E-state index in [0.29, 0.717) is 46.4 Å². The smallest absolute Gasteiger partial charge is 0.143 e. The van der Waals surface area contributed by atoms with E-state index in [1.807, 2.05) is 36.4 Å². The molecular formula is C23H19N5O2S. The van der Waals surface area contributed by atoms with Gasteiger partial charge in [0.2, 0.25) is 0 Å². The van der Waals surface area contributed by atoms with Crippen molar-refractivity contribution in [2.75, 3.05) is 18.9 Å². The molecule has 8 heteroatoms. The van der Waals surface area contributed by atoms with E-state index in [1.165, 1.54) is 11.8 Å². The molecule has 3 aromatic rings. The zero-order chi connectivity index (χ0) is 21.6. The average molecular weight is 430 g/mol. The molecule has 0 spiro atoms. The average Bonchev–Trinajstić information content (AvgIpc) is 3.31. The predicted molar refractivity (Wildman–Crippen MR) is 117 cm³/mol. The Balaban J connectivity index is 1.67. The second-order valence-corrected chi connectivity index (χ2v) is 7.89. The first-order valence-corrected chi connectivity index (χ1v) is 10.7. The van der Waals surface area contributed by atoms with E-state index in [0.717, 1.165) is 12.0 Å². The number of aromatic nitrogens is 2. The minimum atomic E-state index is 0.0437. The zero-order valence-electron chi connectivity index (χ0n) is 16.6. The number of nitrogen functional groups attached to an aromatic ring is 1. The van der Waals surface area contributed by atoms with E-state index >= 15 is 0 Å². The summed E-state index contributed by atoms with van der Waals surface area (Å²) in [7, 11) is 0. The third-order valence-electron chi connectivity index (χ3n) is 4.85. The van der Waals surface area contributed by atoms with E-state index in [4.69, 9.17) is 15.2 Å². The van der Waals surface area contributed by atoms with Gasteiger partial charge in [0.05, 0.1) is 18.8 Å². The highest BCUT2D eigenvalue weighted by Crippen LogP contribution is 2.37. The van der Waals surface area contributed by atoms with Crippen LogP contribution >= 0.6 is 11.8 Å². The van der Waals surface area contributed by atoms with Gasteiger partial charge in [-0.1, -0.05) is 18.2 Å². The molecule has 2 N–H and O–H groups in total. The molecule has 1 fully saturated rings. The van der Waals surface area contributed by atoms with Crippen LogP contribution in [-0.2, 0) is 10.5 Å². The maximum atomic E-state index is 9.91. The fraction of sp³-hybridized carbons (Fsp3) is 0.217. The molecule has 154 valence electrons. The summed E-state index contributed by atoms with van der Waals surface area (Å²) in [6, 6.07) is 15.5. The summed E-state index contributed by atoms with van der Waals surface area (Å²) in [5, 5.41) is 20.1. The SMILES string of the molecule is N#Cc1c(N)nc(SCc2cccnc2)c(C#N)c1-c1ccc(O[C@@H]2CCOC2)cc1. The summed E-state index contributed by atoms with van der Waals surface area (Å²) < 4.78 is 11.3. The highest BCUT2D eigenvalue weighted by atomic mass is 32.2. The van der Waals surface area contributed by atoms with Crippen LogP contribution in [0.15, 0.2) is 53.8 Å². The van der Waals surface area contributed by atoms with Crippen molar-refractivity contribution < 1.29 is 9.47 Å². The lowest BCUT2D eigenvalue weighted by atomic mass is 9.97. The Morgan fingerprint density at radius 1 is 1.16 bits per heavy atom. The number of rotatable bonds is 6. The molecule has 1 atom stereocenters. The molecule has 7 nitrogen and oxygen atoms in total. The van der Waals surface area contributed by atoms with Gasteiger partial charge in [-0.05, 0) is 29.3 Å². The molecule has 1 aliphatic rings. The Bertz CT molecular complexity index is 1150. The number of nitrogens with two attached hydrogens (primary N) is 1. The van der Waals surface area contributed by atoms with Crippen LogP contribution in [0, 0.1) is 22.7 Å². The highest BCUT2D eigenvalue weighted by molar-refractivity contribution is 7.98. The van der Waals surface area contributed by atoms with Crippen molar-refractivity contribution in [3.8, 4) is 29.0 Å². The fourth-order valence-electron chi connectivity index (χ4n) is 3.32. The number of hydrogen-bond acceptors (Lipinski definition) is 8. The lowest BCUT2D eigenvalue weighted by molar-refractivity contribution is 0.141. The molecule has 0 unspecified atom stereocenters. The lowest BCUT2D eigenvalue weighted by Gasteiger charge is -2.15. The third-order valence-corrected chi connectivity index (χ3v) is 5.89. The molecule has 0 radical (unpaired) electrons. The first-order chi connectivity index (χ1) is 15.2. The van der Waals surface area contributed by atoms with Gasteiger partial charge < -0.3 is 15.2 Å². The summed E-state index contributed by atoms with van der Waals surface area (Å²) in [6.07, 6.45) is 4.37. The van der Waals surface area contributed by atoms with Crippen LogP contribution in [0.5, 0.6) is 5.75 Å². The molecule has 3 heterocycles. The van der Waals surface area contributed by atoms with Gasteiger partial charge in [0.25, 0.3) is 0 Å². The molecule has 2 aromatic heterocycles. The van der Waals surface area contributed by atoms with Crippen molar-refractivity contribution in [2.45, 2.75) is 23.3 Å². The zero-order valence-corrected chi connectivity index (χ0v) is 17.4. The van der Waals surface area contributed by atoms with Gasteiger partial charge in [0.1, 0.15) is 40.4 Å². The van der Waals surface area contributed by atoms with Crippen molar-refractivity contribution >= 4 is 17.6 Å². The van der Waals surface area contributed by atoms with Crippen molar-refractivity contribution in [1.82, 2.24) is 9.97 Å². The Hall–Kier alpha value is -3.59. The summed E-state index contributed by atoms with van der Waals surface area (Å²) >= 11 is 1.39. The molecule has 0 aliphatic carbocycles. The normalized spacial score (nSPS) is 15.2. The van der Waals surface area contributed by atoms with Crippen LogP contribution in [0.4, 0.5) is 5.82 Å². The largest absolute Gasteiger partial charge is 0.488 e. The number of benzene rings is 1. The summed E-state index contributed by atoms with van der Waals surface area (Å²) in [6.45, 7) is 1.28. The number of ether oxygens (including phenoxy) is 2. The van der Waals surface area contributed by atoms with Gasteiger partial charge in [-0.25, -0.2) is 4.98 Å². The standard InChI is InChI=1S/C23H19N5O2S/c24-10-19-21(16-3-5-17(6-4-16)30-18-7-9-29-13-18)20(11-25)23(28-22(19)26)31-14-15-2-1-8-27-12-15/h1-6,8,12,18H,7,9,13-14H2,(H2,26,28)/t18-/m1/s1. The monoisotopic (exact) mass is 429 g/mol. The maximum absolute atomic E-state index is 9.91. The molecule has 1 saturated heterocycles. The molecule has 31 heavy (non-hydrogen) atoms. The molecule has 1 aromatic carbocycles. The van der Waals surface area contributed by atoms with E-state index < -0.39 is 0 Å². The number of anilines is 1. The second-order valence-electron chi connectivity index (χ2n) is 6.93. The number of hydrogen-bond donors (Lipinski definition) is 1. The van der Waals surface area contributed by atoms with Gasteiger partial charge in [-0.3, -0.25) is 4.98 Å². The molecule has 0 saturated carbocycles. The van der Waals surface area contributed by atoms with Gasteiger partial charge in [-0.15, -0.1) is 11.8 Å². The van der Waals surface area contributed by atoms with Gasteiger partial charge in [0.15, 0.2) is 0 Å². The molecular weight excluding hydrogens is 410 g/mol. The van der Waals surface area contributed by atoms with Crippen LogP contribution < -0.4 is 10.5 Å². The molecule has 0 bridgehead atoms. The number of nitrogens with zero attached hydrogens (tertiary/aromatic N) is 4. The Kier molecular flexibility index (Phi) is 6.32. The first kappa shape index (κ1) is 20.7. The van der Waals surface area contributed by atoms with E-state index in [9.17, 15) is 10.5 Å². The van der Waals surface area contributed by atoms with Crippen molar-refractivity contribution in [2.24, 2.45) is 0 Å². The van der Waals surface area contributed by atoms with Crippen molar-refractivity contribution in [1.29, 1.82) is 10.5 Å². The topological polar surface area (TPSA) is 118 Å². The summed E-state index contributed by atoms with van der Waals surface area (Å²) in [4.78, 5) is 8.45. The van der Waals surface area contributed by atoms with Crippen LogP contribution in [0.3, 0.4) is 0 Å². The fourth-order valence-corrected chi connectivity index (χ4v) is 4.25. The molecule has 1 aliphatic heterocycles. The number of thioether (sulfide) groups is 1. The van der Waals surface area contributed by atoms with Crippen molar-refractivity contribution in [3.63, 3.8) is 0 Å². The lowest BCUT2D eigenvalue weighted by Crippen LogP contribution is -2.15. The summed E-state index contributed by atoms with van der Waals surface area (Å²) in [5.41, 5.74) is 8.82. The minimum absolute atomic E-state index is 0.0437. The van der Waals surface area contributed by atoms with Crippen LogP contribution in [0.1, 0.15) is 23.1 Å². The highest BCUT2D eigenvalue weighted by Gasteiger charge is 2.21. The van der Waals surface area contributed by atoms with E-state index in [2.05, 4.69) is 22.1 Å². The predicted octanol–water partition coefficient (Wildman–Crippen LogP) is 3.93. The van der Waals surface area contributed by atoms with Gasteiger partial charge in [0, 0.05) is 30.1 Å². The Morgan fingerprint density at radius 2 is 1.97 bits per heavy atom. The molecule has 0 amide bonds. The molecule has 4 rings (SSSR count).